The van der Waals surface area contributed by atoms with Gasteiger partial charge in [0.25, 0.3) is 0 Å². The van der Waals surface area contributed by atoms with Crippen LogP contribution in [0.5, 0.6) is 0 Å². The van der Waals surface area contributed by atoms with Crippen LogP contribution in [0.4, 0.5) is 11.4 Å². The molecule has 0 spiro atoms. The fourth-order valence-corrected chi connectivity index (χ4v) is 5.51. The maximum atomic E-state index is 5.40. The summed E-state index contributed by atoms with van der Waals surface area (Å²) in [7, 11) is -2.24. The molecule has 0 saturated heterocycles. The molecule has 2 rings (SSSR count). The first-order valence-corrected chi connectivity index (χ1v) is 14.1. The van der Waals surface area contributed by atoms with Gasteiger partial charge in [0.1, 0.15) is 0 Å². The average Bonchev–Trinajstić information content (AvgIpc) is 2.60. The van der Waals surface area contributed by atoms with Gasteiger partial charge in [-0.3, -0.25) is 0 Å². The van der Waals surface area contributed by atoms with Crippen LogP contribution in [0.15, 0.2) is 36.4 Å². The van der Waals surface area contributed by atoms with E-state index in [4.69, 9.17) is 9.96 Å². The summed E-state index contributed by atoms with van der Waals surface area (Å²) in [6, 6.07) is 13.3. The molecular formula is C26H40N2PbSi. The van der Waals surface area contributed by atoms with E-state index in [1.165, 1.54) is 33.6 Å². The monoisotopic (exact) mass is 616 g/mol. The van der Waals surface area contributed by atoms with Gasteiger partial charge in [0.2, 0.25) is 0 Å². The predicted molar refractivity (Wildman–Crippen MR) is 139 cm³/mol. The van der Waals surface area contributed by atoms with Crippen molar-refractivity contribution < 1.29 is 0 Å². The number of rotatable bonds is 8. The van der Waals surface area contributed by atoms with Crippen molar-refractivity contribution >= 4 is 47.1 Å². The zero-order valence-corrected chi connectivity index (χ0v) is 25.6. The molecule has 0 aromatic heterocycles. The Labute approximate surface area is 207 Å². The van der Waals surface area contributed by atoms with Crippen molar-refractivity contribution in [1.29, 1.82) is 0 Å². The van der Waals surface area contributed by atoms with Gasteiger partial charge in [0, 0.05) is 0 Å². The van der Waals surface area contributed by atoms with Gasteiger partial charge in [-0.1, -0.05) is 114 Å². The summed E-state index contributed by atoms with van der Waals surface area (Å²) in [5.41, 5.74) is 7.74. The fraction of sp³-hybridized carbons (Fsp3) is 0.538. The molecule has 2 aromatic carbocycles. The average molecular weight is 616 g/mol. The summed E-state index contributed by atoms with van der Waals surface area (Å²) in [5, 5.41) is 0. The minimum Gasteiger partial charge on any atom is -0.699 e. The maximum Gasteiger partial charge on any atom is 2.00 e. The molecule has 0 amide bonds. The second kappa shape index (κ2) is 11.2. The third-order valence-corrected chi connectivity index (χ3v) is 7.00. The second-order valence-electron chi connectivity index (χ2n) is 9.91. The number of nitrogens with zero attached hydrogens (tertiary/aromatic N) is 2. The van der Waals surface area contributed by atoms with Crippen molar-refractivity contribution in [1.82, 2.24) is 0 Å². The molecule has 4 heteroatoms. The molecule has 0 aliphatic heterocycles. The normalized spacial score (nSPS) is 11.9. The van der Waals surface area contributed by atoms with Crippen LogP contribution in [0, 0.1) is 0 Å². The molecule has 2 radical (unpaired) electrons. The second-order valence-corrected chi connectivity index (χ2v) is 13.3. The fourth-order valence-electron chi connectivity index (χ4n) is 3.85. The molecule has 2 aromatic rings. The van der Waals surface area contributed by atoms with Gasteiger partial charge in [0.15, 0.2) is 0 Å². The summed E-state index contributed by atoms with van der Waals surface area (Å²) in [5.74, 6) is 1.80. The molecule has 30 heavy (non-hydrogen) atoms. The standard InChI is InChI=1S/C26H40N2Si.Pb/c1-17(2)21-13-11-14-22(18(3)4)25(21)27-29(9,10)28-26-23(19(5)6)15-12-16-24(26)20(7)8;/h11-20H,1-10H3;/q-2;+2. The minimum atomic E-state index is -2.24. The van der Waals surface area contributed by atoms with Crippen LogP contribution in [0.3, 0.4) is 0 Å². The van der Waals surface area contributed by atoms with Gasteiger partial charge in [-0.2, -0.15) is 0 Å². The molecule has 0 aliphatic carbocycles. The van der Waals surface area contributed by atoms with E-state index in [1.807, 2.05) is 0 Å². The molecule has 0 aliphatic rings. The number of hydrogen-bond donors (Lipinski definition) is 0. The summed E-state index contributed by atoms with van der Waals surface area (Å²) < 4.78 is 0. The molecule has 162 valence electrons. The molecule has 0 N–H and O–H groups in total. The van der Waals surface area contributed by atoms with Crippen LogP contribution in [-0.2, 0) is 0 Å². The van der Waals surface area contributed by atoms with Crippen molar-refractivity contribution in [3.05, 3.63) is 68.6 Å². The van der Waals surface area contributed by atoms with Crippen LogP contribution in [0.1, 0.15) is 101 Å². The summed E-state index contributed by atoms with van der Waals surface area (Å²) in [4.78, 5) is 10.8. The Morgan fingerprint density at radius 2 is 0.767 bits per heavy atom. The van der Waals surface area contributed by atoms with E-state index in [-0.39, 0.29) is 27.3 Å². The summed E-state index contributed by atoms with van der Waals surface area (Å²) in [6.07, 6.45) is 0. The zero-order chi connectivity index (χ0) is 21.9. The third-order valence-electron chi connectivity index (χ3n) is 5.46. The zero-order valence-electron chi connectivity index (χ0n) is 20.7. The molecular weight excluding hydrogens is 576 g/mol. The minimum absolute atomic E-state index is 0. The summed E-state index contributed by atoms with van der Waals surface area (Å²) in [6.45, 7) is 22.6. The van der Waals surface area contributed by atoms with Crippen LogP contribution in [-0.4, -0.2) is 35.7 Å². The first-order valence-electron chi connectivity index (χ1n) is 11.2. The smallest absolute Gasteiger partial charge is 0.699 e. The molecule has 0 saturated carbocycles. The SMILES string of the molecule is CC(C)c1cccc(C(C)C)c1[N-][Si](C)(C)[N-]c1c(C(C)C)cccc1C(C)C.[Pb+2]. The van der Waals surface area contributed by atoms with Crippen LogP contribution in [0.2, 0.25) is 13.1 Å². The van der Waals surface area contributed by atoms with E-state index in [9.17, 15) is 0 Å². The van der Waals surface area contributed by atoms with E-state index >= 15 is 0 Å². The van der Waals surface area contributed by atoms with Gasteiger partial charge < -0.3 is 9.96 Å². The van der Waals surface area contributed by atoms with E-state index < -0.39 is 8.40 Å². The molecule has 0 atom stereocenters. The van der Waals surface area contributed by atoms with E-state index in [1.54, 1.807) is 0 Å². The Kier molecular flexibility index (Phi) is 10.1. The van der Waals surface area contributed by atoms with E-state index in [0.717, 1.165) is 0 Å². The Morgan fingerprint density at radius 1 is 0.533 bits per heavy atom. The van der Waals surface area contributed by atoms with E-state index in [2.05, 4.69) is 105 Å². The molecule has 0 unspecified atom stereocenters. The molecule has 0 bridgehead atoms. The topological polar surface area (TPSA) is 28.2 Å². The first kappa shape index (κ1) is 27.2. The Hall–Kier alpha value is -0.821. The van der Waals surface area contributed by atoms with Crippen LogP contribution < -0.4 is 0 Å². The largest absolute Gasteiger partial charge is 2.00 e. The molecule has 2 nitrogen and oxygen atoms in total. The Morgan fingerprint density at radius 3 is 0.967 bits per heavy atom. The quantitative estimate of drug-likeness (QED) is 0.265. The van der Waals surface area contributed by atoms with Gasteiger partial charge in [0.05, 0.1) is 0 Å². The Balaban J connectivity index is 0.00000450. The van der Waals surface area contributed by atoms with Crippen molar-refractivity contribution in [2.24, 2.45) is 0 Å². The van der Waals surface area contributed by atoms with Crippen LogP contribution in [0.25, 0.3) is 9.96 Å². The van der Waals surface area contributed by atoms with Gasteiger partial charge in [-0.15, -0.1) is 32.9 Å². The first-order chi connectivity index (χ1) is 13.4. The van der Waals surface area contributed by atoms with Crippen molar-refractivity contribution in [2.45, 2.75) is 92.2 Å². The van der Waals surface area contributed by atoms with Crippen molar-refractivity contribution in [3.8, 4) is 0 Å². The predicted octanol–water partition coefficient (Wildman–Crippen LogP) is 9.21. The molecule has 0 fully saturated rings. The van der Waals surface area contributed by atoms with Gasteiger partial charge in [-0.25, -0.2) is 0 Å². The van der Waals surface area contributed by atoms with Gasteiger partial charge in [-0.05, 0) is 23.7 Å². The van der Waals surface area contributed by atoms with Gasteiger partial charge >= 0.3 is 27.3 Å². The van der Waals surface area contributed by atoms with E-state index in [0.29, 0.717) is 23.7 Å². The number of benzene rings is 2. The Bertz CT molecular complexity index is 706. The number of hydrogen-bond acceptors (Lipinski definition) is 0. The van der Waals surface area contributed by atoms with Crippen LogP contribution >= 0.6 is 0 Å². The molecule has 0 heterocycles. The summed E-state index contributed by atoms with van der Waals surface area (Å²) >= 11 is 0. The van der Waals surface area contributed by atoms with Crippen molar-refractivity contribution in [3.63, 3.8) is 0 Å². The maximum absolute atomic E-state index is 5.40. The third kappa shape index (κ3) is 6.59. The van der Waals surface area contributed by atoms with Crippen molar-refractivity contribution in [2.75, 3.05) is 0 Å².